The number of aromatic nitrogens is 2. The van der Waals surface area contributed by atoms with Crippen molar-refractivity contribution >= 4 is 11.6 Å². The van der Waals surface area contributed by atoms with Crippen molar-refractivity contribution in [3.05, 3.63) is 82.9 Å². The van der Waals surface area contributed by atoms with Crippen molar-refractivity contribution < 1.29 is 22.7 Å². The molecule has 33 heavy (non-hydrogen) atoms. The van der Waals surface area contributed by atoms with E-state index < -0.39 is 17.6 Å². The molecule has 0 amide bonds. The number of aliphatic hydroxyl groups excluding tert-OH is 1. The van der Waals surface area contributed by atoms with Gasteiger partial charge in [0, 0.05) is 19.7 Å². The minimum absolute atomic E-state index is 0.0671. The molecular weight excluding hydrogens is 436 g/mol. The van der Waals surface area contributed by atoms with E-state index in [1.54, 1.807) is 4.90 Å². The summed E-state index contributed by atoms with van der Waals surface area (Å²) in [6.07, 6.45) is -1.07. The summed E-state index contributed by atoms with van der Waals surface area (Å²) in [4.78, 5) is 9.95. The number of nitrogens with one attached hydrogen (secondary N) is 1. The largest absolute Gasteiger partial charge is 0.416 e. The van der Waals surface area contributed by atoms with Gasteiger partial charge in [-0.2, -0.15) is 17.6 Å². The first kappa shape index (κ1) is 23.0. The van der Waals surface area contributed by atoms with Gasteiger partial charge in [0.1, 0.15) is 6.33 Å². The van der Waals surface area contributed by atoms with Gasteiger partial charge in [0.15, 0.2) is 11.6 Å². The molecule has 5 nitrogen and oxygen atoms in total. The molecule has 1 saturated heterocycles. The molecule has 1 atom stereocenters. The monoisotopic (exact) mass is 460 g/mol. The normalized spacial score (nSPS) is 16.3. The Bertz CT molecular complexity index is 1070. The summed E-state index contributed by atoms with van der Waals surface area (Å²) >= 11 is 0. The highest BCUT2D eigenvalue weighted by molar-refractivity contribution is 5.53. The zero-order valence-electron chi connectivity index (χ0n) is 17.8. The molecule has 1 fully saturated rings. The summed E-state index contributed by atoms with van der Waals surface area (Å²) in [5.41, 5.74) is 1.93. The fourth-order valence-corrected chi connectivity index (χ4v) is 4.08. The van der Waals surface area contributed by atoms with Gasteiger partial charge in [-0.25, -0.2) is 9.97 Å². The summed E-state index contributed by atoms with van der Waals surface area (Å²) in [7, 11) is 0. The molecule has 1 unspecified atom stereocenters. The van der Waals surface area contributed by atoms with Crippen molar-refractivity contribution in [3.8, 4) is 0 Å². The van der Waals surface area contributed by atoms with Crippen LogP contribution in [0, 0.1) is 5.82 Å². The van der Waals surface area contributed by atoms with Crippen LogP contribution in [0.1, 0.15) is 41.1 Å². The number of alkyl halides is 3. The molecule has 2 heterocycles. The number of hydrogen-bond acceptors (Lipinski definition) is 5. The van der Waals surface area contributed by atoms with Crippen molar-refractivity contribution in [2.24, 2.45) is 0 Å². The smallest absolute Gasteiger partial charge is 0.396 e. The molecule has 0 bridgehead atoms. The van der Waals surface area contributed by atoms with Crippen LogP contribution < -0.4 is 10.2 Å². The quantitative estimate of drug-likeness (QED) is 0.479. The van der Waals surface area contributed by atoms with Gasteiger partial charge in [0.25, 0.3) is 0 Å². The van der Waals surface area contributed by atoms with Crippen molar-refractivity contribution in [2.75, 3.05) is 23.4 Å². The Labute approximate surface area is 189 Å². The van der Waals surface area contributed by atoms with E-state index in [1.165, 1.54) is 18.5 Å². The van der Waals surface area contributed by atoms with Crippen molar-refractivity contribution in [3.63, 3.8) is 0 Å². The highest BCUT2D eigenvalue weighted by Gasteiger charge is 2.33. The highest BCUT2D eigenvalue weighted by atomic mass is 19.4. The summed E-state index contributed by atoms with van der Waals surface area (Å²) < 4.78 is 54.0. The van der Waals surface area contributed by atoms with Crippen LogP contribution in [0.5, 0.6) is 0 Å². The molecule has 3 aromatic rings. The molecular formula is C24H24F4N4O. The molecule has 9 heteroatoms. The second-order valence-corrected chi connectivity index (χ2v) is 7.97. The summed E-state index contributed by atoms with van der Waals surface area (Å²) in [5, 5.41) is 12.0. The van der Waals surface area contributed by atoms with Gasteiger partial charge < -0.3 is 15.3 Å². The number of benzene rings is 2. The lowest BCUT2D eigenvalue weighted by atomic mass is 10.0. The average Bonchev–Trinajstić information content (AvgIpc) is 3.29. The molecule has 1 aliphatic heterocycles. The molecule has 0 spiro atoms. The topological polar surface area (TPSA) is 61.3 Å². The maximum absolute atomic E-state index is 15.3. The number of aliphatic hydroxyl groups is 1. The van der Waals surface area contributed by atoms with Crippen LogP contribution >= 0.6 is 0 Å². The Balaban J connectivity index is 1.50. The van der Waals surface area contributed by atoms with E-state index in [2.05, 4.69) is 15.3 Å². The van der Waals surface area contributed by atoms with Gasteiger partial charge in [-0.15, -0.1) is 0 Å². The molecule has 0 aliphatic carbocycles. The summed E-state index contributed by atoms with van der Waals surface area (Å²) in [5.74, 6) is -0.390. The first-order chi connectivity index (χ1) is 15.9. The van der Waals surface area contributed by atoms with E-state index >= 15 is 4.39 Å². The lowest BCUT2D eigenvalue weighted by molar-refractivity contribution is -0.137. The standard InChI is InChI=1S/C24H24F4N4O/c25-21-22(29-14-17-5-3-16(4-6-17)11-13-33)30-15-31-23(21)32-12-1-2-20(32)18-7-9-19(10-8-18)24(26,27)28/h3-10,15,20,33H,1-2,11-14H2,(H,29,30,31). The van der Waals surface area contributed by atoms with Crippen molar-refractivity contribution in [2.45, 2.75) is 38.0 Å². The lowest BCUT2D eigenvalue weighted by Gasteiger charge is -2.27. The van der Waals surface area contributed by atoms with E-state index in [4.69, 9.17) is 5.11 Å². The second-order valence-electron chi connectivity index (χ2n) is 7.97. The molecule has 2 N–H and O–H groups in total. The molecule has 0 radical (unpaired) electrons. The van der Waals surface area contributed by atoms with E-state index in [0.717, 1.165) is 29.7 Å². The van der Waals surface area contributed by atoms with Crippen LogP contribution in [-0.4, -0.2) is 28.2 Å². The Morgan fingerprint density at radius 2 is 1.70 bits per heavy atom. The van der Waals surface area contributed by atoms with E-state index in [-0.39, 0.29) is 24.3 Å². The number of nitrogens with zero attached hydrogens (tertiary/aromatic N) is 3. The zero-order chi connectivity index (χ0) is 23.4. The van der Waals surface area contributed by atoms with Crippen LogP contribution in [-0.2, 0) is 19.1 Å². The van der Waals surface area contributed by atoms with Gasteiger partial charge >= 0.3 is 6.18 Å². The fourth-order valence-electron chi connectivity index (χ4n) is 4.08. The first-order valence-corrected chi connectivity index (χ1v) is 10.7. The van der Waals surface area contributed by atoms with Crippen molar-refractivity contribution in [1.29, 1.82) is 0 Å². The third kappa shape index (κ3) is 5.24. The van der Waals surface area contributed by atoms with Crippen LogP contribution in [0.15, 0.2) is 54.9 Å². The van der Waals surface area contributed by atoms with Crippen LogP contribution in [0.4, 0.5) is 29.2 Å². The molecule has 1 aliphatic rings. The van der Waals surface area contributed by atoms with Crippen LogP contribution in [0.25, 0.3) is 0 Å². The Morgan fingerprint density at radius 1 is 1.00 bits per heavy atom. The second kappa shape index (κ2) is 9.74. The Kier molecular flexibility index (Phi) is 6.78. The predicted molar refractivity (Wildman–Crippen MR) is 117 cm³/mol. The molecule has 0 saturated carbocycles. The SMILES string of the molecule is OCCc1ccc(CNc2ncnc(N3CCCC3c3ccc(C(F)(F)F)cc3)c2F)cc1. The van der Waals surface area contributed by atoms with E-state index in [0.29, 0.717) is 31.5 Å². The molecule has 2 aromatic carbocycles. The number of anilines is 2. The third-order valence-corrected chi connectivity index (χ3v) is 5.80. The maximum Gasteiger partial charge on any atom is 0.416 e. The van der Waals surface area contributed by atoms with Gasteiger partial charge in [0.2, 0.25) is 5.82 Å². The van der Waals surface area contributed by atoms with Crippen molar-refractivity contribution in [1.82, 2.24) is 9.97 Å². The maximum atomic E-state index is 15.3. The third-order valence-electron chi connectivity index (χ3n) is 5.80. The molecule has 4 rings (SSSR count). The highest BCUT2D eigenvalue weighted by Crippen LogP contribution is 2.38. The summed E-state index contributed by atoms with van der Waals surface area (Å²) in [6.45, 7) is 0.983. The van der Waals surface area contributed by atoms with Gasteiger partial charge in [-0.05, 0) is 48.1 Å². The molecule has 174 valence electrons. The molecule has 1 aromatic heterocycles. The number of rotatable bonds is 7. The average molecular weight is 460 g/mol. The lowest BCUT2D eigenvalue weighted by Crippen LogP contribution is -2.25. The number of hydrogen-bond donors (Lipinski definition) is 2. The van der Waals surface area contributed by atoms with Gasteiger partial charge in [-0.1, -0.05) is 36.4 Å². The first-order valence-electron chi connectivity index (χ1n) is 10.7. The predicted octanol–water partition coefficient (Wildman–Crippen LogP) is 5.12. The Morgan fingerprint density at radius 3 is 2.36 bits per heavy atom. The van der Waals surface area contributed by atoms with E-state index in [9.17, 15) is 13.2 Å². The summed E-state index contributed by atoms with van der Waals surface area (Å²) in [6, 6.07) is 12.4. The van der Waals surface area contributed by atoms with Crippen LogP contribution in [0.3, 0.4) is 0 Å². The Hall–Kier alpha value is -3.20. The van der Waals surface area contributed by atoms with Crippen LogP contribution in [0.2, 0.25) is 0 Å². The minimum atomic E-state index is -4.40. The number of halogens is 4. The minimum Gasteiger partial charge on any atom is -0.396 e. The fraction of sp³-hybridized carbons (Fsp3) is 0.333. The van der Waals surface area contributed by atoms with E-state index in [1.807, 2.05) is 24.3 Å². The zero-order valence-corrected chi connectivity index (χ0v) is 17.8. The van der Waals surface area contributed by atoms with Gasteiger partial charge in [0.05, 0.1) is 11.6 Å². The van der Waals surface area contributed by atoms with Gasteiger partial charge in [-0.3, -0.25) is 0 Å².